The molecule has 96 valence electrons. The topological polar surface area (TPSA) is 75.6 Å². The molecule has 5 heteroatoms. The molecule has 17 heavy (non-hydrogen) atoms. The zero-order valence-electron chi connectivity index (χ0n) is 10.1. The molecule has 0 radical (unpaired) electrons. The van der Waals surface area contributed by atoms with Crippen LogP contribution in [0.3, 0.4) is 0 Å². The van der Waals surface area contributed by atoms with E-state index in [1.807, 2.05) is 0 Å². The van der Waals surface area contributed by atoms with Crippen LogP contribution in [-0.2, 0) is 14.3 Å². The van der Waals surface area contributed by atoms with Crippen LogP contribution in [-0.4, -0.2) is 36.2 Å². The summed E-state index contributed by atoms with van der Waals surface area (Å²) >= 11 is 0. The first-order valence-electron chi connectivity index (χ1n) is 6.12. The third-order valence-electron chi connectivity index (χ3n) is 3.90. The molecule has 0 spiro atoms. The molecular weight excluding hydrogens is 222 g/mol. The number of aliphatic hydroxyl groups is 1. The van der Waals surface area contributed by atoms with Crippen molar-refractivity contribution in [3.63, 3.8) is 0 Å². The van der Waals surface area contributed by atoms with Crippen molar-refractivity contribution in [1.29, 1.82) is 0 Å². The summed E-state index contributed by atoms with van der Waals surface area (Å²) < 4.78 is 4.72. The number of carbonyl (C=O) groups excluding carboxylic acids is 2. The van der Waals surface area contributed by atoms with Gasteiger partial charge in [-0.05, 0) is 25.7 Å². The van der Waals surface area contributed by atoms with Crippen molar-refractivity contribution >= 4 is 11.9 Å². The molecule has 2 aliphatic carbocycles. The lowest BCUT2D eigenvalue weighted by atomic mass is 9.95. The van der Waals surface area contributed by atoms with Crippen molar-refractivity contribution in [1.82, 2.24) is 5.32 Å². The number of rotatable bonds is 4. The lowest BCUT2D eigenvalue weighted by Gasteiger charge is -2.21. The fraction of sp³-hybridized carbons (Fsp3) is 0.833. The molecule has 1 unspecified atom stereocenters. The Bertz CT molecular complexity index is 324. The summed E-state index contributed by atoms with van der Waals surface area (Å²) in [4.78, 5) is 23.6. The van der Waals surface area contributed by atoms with Crippen LogP contribution in [0.25, 0.3) is 0 Å². The maximum Gasteiger partial charge on any atom is 0.309 e. The maximum atomic E-state index is 12.1. The number of hydrogen-bond acceptors (Lipinski definition) is 4. The molecule has 2 N–H and O–H groups in total. The van der Waals surface area contributed by atoms with Crippen molar-refractivity contribution < 1.29 is 19.4 Å². The van der Waals surface area contributed by atoms with E-state index in [0.717, 1.165) is 32.1 Å². The van der Waals surface area contributed by atoms with Crippen molar-refractivity contribution in [3.8, 4) is 0 Å². The van der Waals surface area contributed by atoms with E-state index < -0.39 is 5.54 Å². The number of carbonyl (C=O) groups is 2. The second-order valence-corrected chi connectivity index (χ2v) is 5.09. The summed E-state index contributed by atoms with van der Waals surface area (Å²) in [6, 6.07) is 0. The highest BCUT2D eigenvalue weighted by atomic mass is 16.5. The van der Waals surface area contributed by atoms with E-state index in [0.29, 0.717) is 0 Å². The van der Waals surface area contributed by atoms with Gasteiger partial charge in [0.1, 0.15) is 0 Å². The van der Waals surface area contributed by atoms with E-state index in [4.69, 9.17) is 9.84 Å². The van der Waals surface area contributed by atoms with Crippen molar-refractivity contribution in [2.45, 2.75) is 37.6 Å². The van der Waals surface area contributed by atoms with Crippen LogP contribution in [0, 0.1) is 11.8 Å². The molecule has 0 aromatic carbocycles. The Morgan fingerprint density at radius 2 is 2.00 bits per heavy atom. The molecule has 0 heterocycles. The fourth-order valence-electron chi connectivity index (χ4n) is 2.53. The Hall–Kier alpha value is -1.10. The Morgan fingerprint density at radius 1 is 1.35 bits per heavy atom. The van der Waals surface area contributed by atoms with Crippen LogP contribution >= 0.6 is 0 Å². The number of esters is 1. The lowest BCUT2D eigenvalue weighted by Crippen LogP contribution is -2.44. The van der Waals surface area contributed by atoms with E-state index in [1.54, 1.807) is 0 Å². The van der Waals surface area contributed by atoms with Gasteiger partial charge < -0.3 is 15.2 Å². The highest BCUT2D eigenvalue weighted by molar-refractivity contribution is 5.86. The molecule has 2 rings (SSSR count). The summed E-state index contributed by atoms with van der Waals surface area (Å²) in [5.74, 6) is -0.998. The number of methoxy groups -OCH3 is 1. The largest absolute Gasteiger partial charge is 0.469 e. The van der Waals surface area contributed by atoms with Crippen molar-refractivity contribution in [2.24, 2.45) is 11.8 Å². The smallest absolute Gasteiger partial charge is 0.309 e. The number of ether oxygens (including phenoxy) is 1. The molecule has 0 bridgehead atoms. The molecule has 2 fully saturated rings. The van der Waals surface area contributed by atoms with Gasteiger partial charge in [-0.15, -0.1) is 0 Å². The standard InChI is InChI=1S/C12H19NO4/c1-17-11(16)9-4-2-3-8(9)10(15)13-12(7-14)5-6-12/h8-9,14H,2-7H2,1H3,(H,13,15)/t8?,9-/m1/s1. The lowest BCUT2D eigenvalue weighted by molar-refractivity contribution is -0.149. The fourth-order valence-corrected chi connectivity index (χ4v) is 2.53. The predicted molar refractivity (Wildman–Crippen MR) is 60.0 cm³/mol. The highest BCUT2D eigenvalue weighted by Crippen LogP contribution is 2.38. The first kappa shape index (κ1) is 12.4. The zero-order chi connectivity index (χ0) is 12.5. The van der Waals surface area contributed by atoms with Crippen LogP contribution in [0.1, 0.15) is 32.1 Å². The molecule has 0 saturated heterocycles. The van der Waals surface area contributed by atoms with Gasteiger partial charge in [-0.3, -0.25) is 9.59 Å². The monoisotopic (exact) mass is 241 g/mol. The van der Waals surface area contributed by atoms with Crippen LogP contribution in [0.15, 0.2) is 0 Å². The Balaban J connectivity index is 1.96. The summed E-state index contributed by atoms with van der Waals surface area (Å²) in [5, 5.41) is 12.0. The maximum absolute atomic E-state index is 12.1. The molecule has 0 aromatic heterocycles. The summed E-state index contributed by atoms with van der Waals surface area (Å²) in [5.41, 5.74) is -0.402. The minimum atomic E-state index is -0.402. The van der Waals surface area contributed by atoms with Crippen molar-refractivity contribution in [2.75, 3.05) is 13.7 Å². The number of amides is 1. The molecule has 0 aliphatic heterocycles. The summed E-state index contributed by atoms with van der Waals surface area (Å²) in [6.45, 7) is -0.0195. The number of aliphatic hydroxyl groups excluding tert-OH is 1. The van der Waals surface area contributed by atoms with Gasteiger partial charge in [0.05, 0.1) is 31.1 Å². The Morgan fingerprint density at radius 3 is 2.53 bits per heavy atom. The zero-order valence-corrected chi connectivity index (χ0v) is 10.1. The van der Waals surface area contributed by atoms with Gasteiger partial charge in [0.15, 0.2) is 0 Å². The normalized spacial score (nSPS) is 29.8. The number of hydrogen-bond donors (Lipinski definition) is 2. The second kappa shape index (κ2) is 4.64. The molecule has 2 saturated carbocycles. The summed E-state index contributed by atoms with van der Waals surface area (Å²) in [6.07, 6.45) is 3.98. The van der Waals surface area contributed by atoms with E-state index in [1.165, 1.54) is 7.11 Å². The van der Waals surface area contributed by atoms with Crippen LogP contribution in [0.2, 0.25) is 0 Å². The van der Waals surface area contributed by atoms with Crippen LogP contribution < -0.4 is 5.32 Å². The molecule has 5 nitrogen and oxygen atoms in total. The van der Waals surface area contributed by atoms with Crippen LogP contribution in [0.5, 0.6) is 0 Å². The first-order chi connectivity index (χ1) is 8.12. The average molecular weight is 241 g/mol. The minimum absolute atomic E-state index is 0.0195. The van der Waals surface area contributed by atoms with Gasteiger partial charge in [0.25, 0.3) is 0 Å². The van der Waals surface area contributed by atoms with E-state index >= 15 is 0 Å². The SMILES string of the molecule is COC(=O)[C@@H]1CCCC1C(=O)NC1(CO)CC1. The van der Waals surface area contributed by atoms with Gasteiger partial charge in [0.2, 0.25) is 5.91 Å². The van der Waals surface area contributed by atoms with Gasteiger partial charge in [0, 0.05) is 0 Å². The van der Waals surface area contributed by atoms with Crippen molar-refractivity contribution in [3.05, 3.63) is 0 Å². The van der Waals surface area contributed by atoms with E-state index in [-0.39, 0.29) is 30.3 Å². The molecule has 2 aliphatic rings. The molecule has 2 atom stereocenters. The third kappa shape index (κ3) is 2.44. The van der Waals surface area contributed by atoms with Gasteiger partial charge in [-0.25, -0.2) is 0 Å². The van der Waals surface area contributed by atoms with E-state index in [2.05, 4.69) is 5.32 Å². The quantitative estimate of drug-likeness (QED) is 0.690. The van der Waals surface area contributed by atoms with Crippen LogP contribution in [0.4, 0.5) is 0 Å². The highest BCUT2D eigenvalue weighted by Gasteiger charge is 2.47. The molecule has 0 aromatic rings. The molecular formula is C12H19NO4. The Labute approximate surface area is 101 Å². The number of nitrogens with one attached hydrogen (secondary N) is 1. The van der Waals surface area contributed by atoms with Gasteiger partial charge >= 0.3 is 5.97 Å². The minimum Gasteiger partial charge on any atom is -0.469 e. The average Bonchev–Trinajstić information content (AvgIpc) is 2.93. The molecule has 1 amide bonds. The van der Waals surface area contributed by atoms with Gasteiger partial charge in [-0.1, -0.05) is 6.42 Å². The van der Waals surface area contributed by atoms with Gasteiger partial charge in [-0.2, -0.15) is 0 Å². The summed E-state index contributed by atoms with van der Waals surface area (Å²) in [7, 11) is 1.35. The first-order valence-corrected chi connectivity index (χ1v) is 6.12. The Kier molecular flexibility index (Phi) is 3.38. The second-order valence-electron chi connectivity index (χ2n) is 5.09. The third-order valence-corrected chi connectivity index (χ3v) is 3.90. The van der Waals surface area contributed by atoms with E-state index in [9.17, 15) is 9.59 Å². The predicted octanol–water partition coefficient (Wildman–Crippen LogP) is 0.217.